The van der Waals surface area contributed by atoms with Crippen molar-refractivity contribution in [2.24, 2.45) is 0 Å². The molecule has 2 rings (SSSR count). The Morgan fingerprint density at radius 1 is 1.07 bits per heavy atom. The SMILES string of the molecule is N#CCCN(CCC#N)C(=O)COC(=O)C1(c2ccc(F)cc2)CCCC1. The van der Waals surface area contributed by atoms with Crippen molar-refractivity contribution in [3.8, 4) is 12.1 Å². The van der Waals surface area contributed by atoms with E-state index in [9.17, 15) is 14.0 Å². The van der Waals surface area contributed by atoms with E-state index in [1.54, 1.807) is 12.1 Å². The number of hydrogen-bond donors (Lipinski definition) is 0. The van der Waals surface area contributed by atoms with Crippen molar-refractivity contribution in [2.45, 2.75) is 43.9 Å². The highest BCUT2D eigenvalue weighted by Gasteiger charge is 2.44. The van der Waals surface area contributed by atoms with Gasteiger partial charge in [-0.15, -0.1) is 0 Å². The Kier molecular flexibility index (Phi) is 7.31. The van der Waals surface area contributed by atoms with Crippen LogP contribution in [0, 0.1) is 28.5 Å². The standard InChI is InChI=1S/C20H22FN3O3/c21-17-7-5-16(6-8-17)20(9-1-2-10-20)19(26)27-15-18(25)24(13-3-11-22)14-4-12-23/h5-8H,1-4,9-10,13-15H2. The number of halogens is 1. The molecule has 0 heterocycles. The van der Waals surface area contributed by atoms with Gasteiger partial charge in [-0.3, -0.25) is 9.59 Å². The molecule has 0 N–H and O–H groups in total. The summed E-state index contributed by atoms with van der Waals surface area (Å²) in [5.74, 6) is -1.29. The molecule has 1 aromatic rings. The number of benzene rings is 1. The summed E-state index contributed by atoms with van der Waals surface area (Å²) < 4.78 is 18.6. The molecule has 142 valence electrons. The van der Waals surface area contributed by atoms with Gasteiger partial charge in [0.25, 0.3) is 5.91 Å². The number of hydrogen-bond acceptors (Lipinski definition) is 5. The fourth-order valence-corrected chi connectivity index (χ4v) is 3.45. The summed E-state index contributed by atoms with van der Waals surface area (Å²) in [5.41, 5.74) is -0.150. The lowest BCUT2D eigenvalue weighted by Crippen LogP contribution is -2.40. The first-order valence-corrected chi connectivity index (χ1v) is 8.98. The predicted octanol–water partition coefficient (Wildman–Crippen LogP) is 2.84. The van der Waals surface area contributed by atoms with Gasteiger partial charge in [-0.25, -0.2) is 4.39 Å². The van der Waals surface area contributed by atoms with E-state index >= 15 is 0 Å². The molecular formula is C20H22FN3O3. The molecule has 1 saturated carbocycles. The zero-order valence-electron chi connectivity index (χ0n) is 15.1. The maximum absolute atomic E-state index is 13.2. The van der Waals surface area contributed by atoms with Gasteiger partial charge in [0.15, 0.2) is 6.61 Å². The average molecular weight is 371 g/mol. The second kappa shape index (κ2) is 9.68. The molecule has 1 aliphatic rings. The molecule has 1 amide bonds. The van der Waals surface area contributed by atoms with Crippen molar-refractivity contribution in [2.75, 3.05) is 19.7 Å². The topological polar surface area (TPSA) is 94.2 Å². The molecule has 0 aromatic heterocycles. The Balaban J connectivity index is 2.05. The average Bonchev–Trinajstić information content (AvgIpc) is 3.17. The molecular weight excluding hydrogens is 349 g/mol. The molecule has 0 bridgehead atoms. The Morgan fingerprint density at radius 3 is 2.15 bits per heavy atom. The minimum absolute atomic E-state index is 0.143. The Morgan fingerprint density at radius 2 is 1.63 bits per heavy atom. The summed E-state index contributed by atoms with van der Waals surface area (Å²) in [7, 11) is 0. The van der Waals surface area contributed by atoms with E-state index in [-0.39, 0.29) is 31.7 Å². The lowest BCUT2D eigenvalue weighted by molar-refractivity contribution is -0.157. The number of nitriles is 2. The van der Waals surface area contributed by atoms with Gasteiger partial charge >= 0.3 is 5.97 Å². The predicted molar refractivity (Wildman–Crippen MR) is 94.5 cm³/mol. The van der Waals surface area contributed by atoms with E-state index in [0.717, 1.165) is 12.8 Å². The smallest absolute Gasteiger partial charge is 0.317 e. The quantitative estimate of drug-likeness (QED) is 0.655. The van der Waals surface area contributed by atoms with Crippen LogP contribution in [0.3, 0.4) is 0 Å². The number of amides is 1. The minimum atomic E-state index is -0.849. The van der Waals surface area contributed by atoms with Crippen molar-refractivity contribution in [3.63, 3.8) is 0 Å². The number of carbonyl (C=O) groups is 2. The van der Waals surface area contributed by atoms with Gasteiger partial charge in [-0.1, -0.05) is 25.0 Å². The Labute approximate surface area is 158 Å². The molecule has 1 aliphatic carbocycles. The van der Waals surface area contributed by atoms with Crippen LogP contribution in [0.5, 0.6) is 0 Å². The summed E-state index contributed by atoms with van der Waals surface area (Å²) in [6.07, 6.45) is 3.19. The summed E-state index contributed by atoms with van der Waals surface area (Å²) in [4.78, 5) is 26.5. The van der Waals surface area contributed by atoms with Crippen molar-refractivity contribution in [1.29, 1.82) is 10.5 Å². The van der Waals surface area contributed by atoms with E-state index in [2.05, 4.69) is 0 Å². The van der Waals surface area contributed by atoms with E-state index in [1.165, 1.54) is 17.0 Å². The van der Waals surface area contributed by atoms with Crippen LogP contribution in [0.25, 0.3) is 0 Å². The maximum Gasteiger partial charge on any atom is 0.317 e. The second-order valence-corrected chi connectivity index (χ2v) is 6.57. The van der Waals surface area contributed by atoms with Gasteiger partial charge in [-0.05, 0) is 30.5 Å². The van der Waals surface area contributed by atoms with E-state index in [1.807, 2.05) is 12.1 Å². The lowest BCUT2D eigenvalue weighted by Gasteiger charge is -2.28. The molecule has 0 atom stereocenters. The lowest BCUT2D eigenvalue weighted by atomic mass is 9.79. The third-order valence-electron chi connectivity index (χ3n) is 4.91. The van der Waals surface area contributed by atoms with Crippen LogP contribution in [0.15, 0.2) is 24.3 Å². The largest absolute Gasteiger partial charge is 0.455 e. The number of rotatable bonds is 8. The molecule has 0 saturated heterocycles. The van der Waals surface area contributed by atoms with Crippen LogP contribution in [0.4, 0.5) is 4.39 Å². The molecule has 0 radical (unpaired) electrons. The second-order valence-electron chi connectivity index (χ2n) is 6.57. The monoisotopic (exact) mass is 371 g/mol. The zero-order valence-corrected chi connectivity index (χ0v) is 15.1. The van der Waals surface area contributed by atoms with Crippen molar-refractivity contribution in [3.05, 3.63) is 35.6 Å². The van der Waals surface area contributed by atoms with E-state index in [4.69, 9.17) is 15.3 Å². The highest BCUT2D eigenvalue weighted by atomic mass is 19.1. The molecule has 1 fully saturated rings. The minimum Gasteiger partial charge on any atom is -0.455 e. The van der Waals surface area contributed by atoms with Crippen LogP contribution < -0.4 is 0 Å². The molecule has 27 heavy (non-hydrogen) atoms. The molecule has 6 nitrogen and oxygen atoms in total. The van der Waals surface area contributed by atoms with Crippen LogP contribution in [-0.4, -0.2) is 36.5 Å². The summed E-state index contributed by atoms with van der Waals surface area (Å²) in [6.45, 7) is -0.0476. The van der Waals surface area contributed by atoms with Crippen LogP contribution >= 0.6 is 0 Å². The first-order valence-electron chi connectivity index (χ1n) is 8.98. The molecule has 0 aliphatic heterocycles. The Bertz CT molecular complexity index is 725. The highest BCUT2D eigenvalue weighted by molar-refractivity contribution is 5.86. The van der Waals surface area contributed by atoms with Crippen molar-refractivity contribution < 1.29 is 18.7 Å². The van der Waals surface area contributed by atoms with Crippen molar-refractivity contribution in [1.82, 2.24) is 4.90 Å². The summed E-state index contributed by atoms with van der Waals surface area (Å²) in [6, 6.07) is 9.74. The first-order chi connectivity index (χ1) is 13.0. The number of ether oxygens (including phenoxy) is 1. The maximum atomic E-state index is 13.2. The van der Waals surface area contributed by atoms with Gasteiger partial charge in [0, 0.05) is 13.1 Å². The van der Waals surface area contributed by atoms with Gasteiger partial charge in [0.1, 0.15) is 5.82 Å². The fourth-order valence-electron chi connectivity index (χ4n) is 3.45. The van der Waals surface area contributed by atoms with Gasteiger partial charge in [0.2, 0.25) is 0 Å². The van der Waals surface area contributed by atoms with E-state index in [0.29, 0.717) is 18.4 Å². The normalized spacial score (nSPS) is 14.8. The summed E-state index contributed by atoms with van der Waals surface area (Å²) >= 11 is 0. The first kappa shape index (κ1) is 20.4. The molecule has 0 unspecified atom stereocenters. The highest BCUT2D eigenvalue weighted by Crippen LogP contribution is 2.42. The van der Waals surface area contributed by atoms with Crippen LogP contribution in [0.2, 0.25) is 0 Å². The number of carbonyl (C=O) groups excluding carboxylic acids is 2. The van der Waals surface area contributed by atoms with Crippen LogP contribution in [-0.2, 0) is 19.7 Å². The van der Waals surface area contributed by atoms with Crippen LogP contribution in [0.1, 0.15) is 44.1 Å². The molecule has 1 aromatic carbocycles. The van der Waals surface area contributed by atoms with Gasteiger partial charge in [-0.2, -0.15) is 10.5 Å². The third-order valence-corrected chi connectivity index (χ3v) is 4.91. The number of nitrogens with zero attached hydrogens (tertiary/aromatic N) is 3. The zero-order chi connectivity index (χ0) is 19.7. The Hall–Kier alpha value is -2.93. The third kappa shape index (κ3) is 5.04. The van der Waals surface area contributed by atoms with Gasteiger partial charge in [0.05, 0.1) is 30.4 Å². The summed E-state index contributed by atoms with van der Waals surface area (Å²) in [5, 5.41) is 17.4. The fraction of sp³-hybridized carbons (Fsp3) is 0.500. The molecule has 0 spiro atoms. The van der Waals surface area contributed by atoms with E-state index < -0.39 is 23.9 Å². The number of esters is 1. The van der Waals surface area contributed by atoms with Crippen molar-refractivity contribution >= 4 is 11.9 Å². The molecule has 7 heteroatoms. The van der Waals surface area contributed by atoms with Gasteiger partial charge < -0.3 is 9.64 Å².